The molecular weight excluding hydrogens is 252 g/mol. The molecule has 112 valence electrons. The molecule has 0 radical (unpaired) electrons. The van der Waals surface area contributed by atoms with Crippen LogP contribution in [0.5, 0.6) is 5.75 Å². The molecule has 0 heterocycles. The lowest BCUT2D eigenvalue weighted by Gasteiger charge is -2.36. The lowest BCUT2D eigenvalue weighted by molar-refractivity contribution is -0.00529. The molecule has 1 aromatic rings. The van der Waals surface area contributed by atoms with Crippen LogP contribution >= 0.6 is 0 Å². The predicted molar refractivity (Wildman–Crippen MR) is 79.7 cm³/mol. The number of hydrogen-bond acceptors (Lipinski definition) is 3. The maximum absolute atomic E-state index is 9.75. The van der Waals surface area contributed by atoms with Crippen molar-refractivity contribution in [2.75, 3.05) is 19.8 Å². The Morgan fingerprint density at radius 3 is 2.30 bits per heavy atom. The molecule has 0 amide bonds. The van der Waals surface area contributed by atoms with Crippen LogP contribution in [-0.4, -0.2) is 30.0 Å². The highest BCUT2D eigenvalue weighted by molar-refractivity contribution is 5.20. The van der Waals surface area contributed by atoms with Gasteiger partial charge in [0.1, 0.15) is 5.75 Å². The van der Waals surface area contributed by atoms with Crippen LogP contribution in [0.15, 0.2) is 30.3 Å². The van der Waals surface area contributed by atoms with Crippen LogP contribution in [0, 0.1) is 11.3 Å². The van der Waals surface area contributed by atoms with E-state index in [2.05, 4.69) is 0 Å². The summed E-state index contributed by atoms with van der Waals surface area (Å²) in [6, 6.07) is 9.78. The van der Waals surface area contributed by atoms with E-state index in [1.165, 1.54) is 12.8 Å². The highest BCUT2D eigenvalue weighted by atomic mass is 16.5. The van der Waals surface area contributed by atoms with Crippen molar-refractivity contribution in [1.29, 1.82) is 0 Å². The molecule has 3 heteroatoms. The Labute approximate surface area is 121 Å². The molecule has 0 spiro atoms. The third-order valence-corrected chi connectivity index (χ3v) is 4.68. The van der Waals surface area contributed by atoms with Gasteiger partial charge in [-0.1, -0.05) is 31.0 Å². The fraction of sp³-hybridized carbons (Fsp3) is 0.647. The van der Waals surface area contributed by atoms with Gasteiger partial charge in [0.15, 0.2) is 0 Å². The minimum Gasteiger partial charge on any atom is -0.494 e. The van der Waals surface area contributed by atoms with Gasteiger partial charge < -0.3 is 14.9 Å². The highest BCUT2D eigenvalue weighted by Crippen LogP contribution is 2.42. The molecule has 1 saturated carbocycles. The Hall–Kier alpha value is -1.06. The maximum atomic E-state index is 9.75. The molecule has 0 atom stereocenters. The Balaban J connectivity index is 1.80. The summed E-state index contributed by atoms with van der Waals surface area (Å²) in [5.41, 5.74) is -0.309. The fourth-order valence-electron chi connectivity index (χ4n) is 3.34. The van der Waals surface area contributed by atoms with Crippen LogP contribution in [0.3, 0.4) is 0 Å². The van der Waals surface area contributed by atoms with Crippen molar-refractivity contribution < 1.29 is 14.9 Å². The quantitative estimate of drug-likeness (QED) is 0.719. The van der Waals surface area contributed by atoms with Crippen LogP contribution in [0.1, 0.15) is 38.5 Å². The van der Waals surface area contributed by atoms with Crippen molar-refractivity contribution >= 4 is 0 Å². The molecule has 1 fully saturated rings. The van der Waals surface area contributed by atoms with E-state index in [-0.39, 0.29) is 18.6 Å². The summed E-state index contributed by atoms with van der Waals surface area (Å²) in [5, 5.41) is 19.5. The molecule has 0 saturated heterocycles. The second kappa shape index (κ2) is 7.65. The number of aliphatic hydroxyl groups excluding tert-OH is 2. The largest absolute Gasteiger partial charge is 0.494 e. The van der Waals surface area contributed by atoms with Crippen LogP contribution in [0.25, 0.3) is 0 Å². The molecule has 2 rings (SSSR count). The SMILES string of the molecule is OCC(CO)(CCCOc1ccccc1)C1CCCC1. The fourth-order valence-corrected chi connectivity index (χ4v) is 3.34. The van der Waals surface area contributed by atoms with Crippen LogP contribution in [0.4, 0.5) is 0 Å². The summed E-state index contributed by atoms with van der Waals surface area (Å²) in [7, 11) is 0. The van der Waals surface area contributed by atoms with Gasteiger partial charge in [0.25, 0.3) is 0 Å². The van der Waals surface area contributed by atoms with E-state index in [1.807, 2.05) is 30.3 Å². The number of rotatable bonds is 8. The van der Waals surface area contributed by atoms with Gasteiger partial charge in [-0.15, -0.1) is 0 Å². The zero-order chi connectivity index (χ0) is 14.3. The molecule has 20 heavy (non-hydrogen) atoms. The maximum Gasteiger partial charge on any atom is 0.119 e. The topological polar surface area (TPSA) is 49.7 Å². The second-order valence-corrected chi connectivity index (χ2v) is 5.93. The summed E-state index contributed by atoms with van der Waals surface area (Å²) in [4.78, 5) is 0. The van der Waals surface area contributed by atoms with Crippen LogP contribution < -0.4 is 4.74 Å². The number of ether oxygens (including phenoxy) is 1. The molecule has 0 bridgehead atoms. The van der Waals surface area contributed by atoms with E-state index < -0.39 is 0 Å². The summed E-state index contributed by atoms with van der Waals surface area (Å²) < 4.78 is 5.69. The van der Waals surface area contributed by atoms with Gasteiger partial charge in [-0.3, -0.25) is 0 Å². The lowest BCUT2D eigenvalue weighted by atomic mass is 9.72. The molecule has 2 N–H and O–H groups in total. The van der Waals surface area contributed by atoms with Crippen molar-refractivity contribution in [3.05, 3.63) is 30.3 Å². The number of benzene rings is 1. The summed E-state index contributed by atoms with van der Waals surface area (Å²) in [5.74, 6) is 1.35. The normalized spacial score (nSPS) is 16.5. The first kappa shape index (κ1) is 15.3. The van der Waals surface area contributed by atoms with Gasteiger partial charge in [0.2, 0.25) is 0 Å². The van der Waals surface area contributed by atoms with Crippen LogP contribution in [0.2, 0.25) is 0 Å². The van der Waals surface area contributed by atoms with E-state index in [4.69, 9.17) is 4.74 Å². The van der Waals surface area contributed by atoms with E-state index in [0.29, 0.717) is 12.5 Å². The van der Waals surface area contributed by atoms with Crippen molar-refractivity contribution in [3.8, 4) is 5.75 Å². The molecule has 1 aliphatic rings. The summed E-state index contributed by atoms with van der Waals surface area (Å²) >= 11 is 0. The molecule has 0 unspecified atom stereocenters. The molecule has 3 nitrogen and oxygen atoms in total. The molecule has 1 aliphatic carbocycles. The van der Waals surface area contributed by atoms with Gasteiger partial charge in [-0.2, -0.15) is 0 Å². The molecule has 0 aromatic heterocycles. The Morgan fingerprint density at radius 2 is 1.70 bits per heavy atom. The average Bonchev–Trinajstić information content (AvgIpc) is 3.04. The molecule has 0 aliphatic heterocycles. The summed E-state index contributed by atoms with van der Waals surface area (Å²) in [6.45, 7) is 0.803. The van der Waals surface area contributed by atoms with E-state index in [1.54, 1.807) is 0 Å². The van der Waals surface area contributed by atoms with Gasteiger partial charge >= 0.3 is 0 Å². The van der Waals surface area contributed by atoms with E-state index >= 15 is 0 Å². The first-order chi connectivity index (χ1) is 9.80. The standard InChI is InChI=1S/C17H26O3/c18-13-17(14-19,15-7-4-5-8-15)11-6-12-20-16-9-2-1-3-10-16/h1-3,9-10,15,18-19H,4-8,11-14H2. The first-order valence-corrected chi connectivity index (χ1v) is 7.70. The molecule has 1 aromatic carbocycles. The minimum absolute atomic E-state index is 0.0828. The second-order valence-electron chi connectivity index (χ2n) is 5.93. The van der Waals surface area contributed by atoms with Gasteiger partial charge in [0.05, 0.1) is 19.8 Å². The number of para-hydroxylation sites is 1. The van der Waals surface area contributed by atoms with Gasteiger partial charge in [0, 0.05) is 5.41 Å². The van der Waals surface area contributed by atoms with Gasteiger partial charge in [-0.25, -0.2) is 0 Å². The van der Waals surface area contributed by atoms with Crippen molar-refractivity contribution in [2.24, 2.45) is 11.3 Å². The zero-order valence-electron chi connectivity index (χ0n) is 12.1. The third kappa shape index (κ3) is 3.74. The average molecular weight is 278 g/mol. The monoisotopic (exact) mass is 278 g/mol. The summed E-state index contributed by atoms with van der Waals surface area (Å²) in [6.07, 6.45) is 6.44. The Kier molecular flexibility index (Phi) is 5.86. The van der Waals surface area contributed by atoms with Gasteiger partial charge in [-0.05, 0) is 43.7 Å². The smallest absolute Gasteiger partial charge is 0.119 e. The zero-order valence-corrected chi connectivity index (χ0v) is 12.1. The Morgan fingerprint density at radius 1 is 1.05 bits per heavy atom. The van der Waals surface area contributed by atoms with Crippen molar-refractivity contribution in [3.63, 3.8) is 0 Å². The van der Waals surface area contributed by atoms with Crippen LogP contribution in [-0.2, 0) is 0 Å². The highest BCUT2D eigenvalue weighted by Gasteiger charge is 2.38. The van der Waals surface area contributed by atoms with E-state index in [0.717, 1.165) is 31.4 Å². The van der Waals surface area contributed by atoms with Crippen molar-refractivity contribution in [2.45, 2.75) is 38.5 Å². The number of aliphatic hydroxyl groups is 2. The number of hydrogen-bond donors (Lipinski definition) is 2. The minimum atomic E-state index is -0.309. The Bertz CT molecular complexity index is 367. The first-order valence-electron chi connectivity index (χ1n) is 7.70. The predicted octanol–water partition coefficient (Wildman–Crippen LogP) is 3.01. The third-order valence-electron chi connectivity index (χ3n) is 4.68. The molecular formula is C17H26O3. The van der Waals surface area contributed by atoms with E-state index in [9.17, 15) is 10.2 Å². The lowest BCUT2D eigenvalue weighted by Crippen LogP contribution is -2.37. The van der Waals surface area contributed by atoms with Crippen molar-refractivity contribution in [1.82, 2.24) is 0 Å².